The number of anilines is 1. The van der Waals surface area contributed by atoms with Crippen LogP contribution in [0, 0.1) is 0 Å². The van der Waals surface area contributed by atoms with Crippen LogP contribution in [-0.4, -0.2) is 18.1 Å². The van der Waals surface area contributed by atoms with Crippen molar-refractivity contribution in [2.24, 2.45) is 0 Å². The van der Waals surface area contributed by atoms with E-state index >= 15 is 0 Å². The zero-order chi connectivity index (χ0) is 15.6. The van der Waals surface area contributed by atoms with Crippen molar-refractivity contribution in [1.29, 1.82) is 0 Å². The number of carbonyl (C=O) groups excluding carboxylic acids is 1. The summed E-state index contributed by atoms with van der Waals surface area (Å²) in [6, 6.07) is 5.87. The minimum absolute atomic E-state index is 0.113. The Kier molecular flexibility index (Phi) is 3.84. The number of carbonyl (C=O) groups is 1. The molecule has 1 aromatic heterocycles. The maximum absolute atomic E-state index is 12.5. The summed E-state index contributed by atoms with van der Waals surface area (Å²) in [5.41, 5.74) is 5.90. The number of ether oxygens (including phenoxy) is 1. The smallest absolute Gasteiger partial charge is 0.416 e. The van der Waals surface area contributed by atoms with Gasteiger partial charge in [-0.25, -0.2) is 9.78 Å². The quantitative estimate of drug-likeness (QED) is 0.865. The zero-order valence-electron chi connectivity index (χ0n) is 10.9. The van der Waals surface area contributed by atoms with Gasteiger partial charge < -0.3 is 10.5 Å². The van der Waals surface area contributed by atoms with E-state index in [1.54, 1.807) is 0 Å². The molecule has 0 unspecified atom stereocenters. The summed E-state index contributed by atoms with van der Waals surface area (Å²) in [6.07, 6.45) is -3.16. The van der Waals surface area contributed by atoms with Crippen LogP contribution in [0.3, 0.4) is 0 Å². The molecular formula is C14H11F3N2O2. The number of pyridine rings is 1. The number of hydrogen-bond donors (Lipinski definition) is 1. The standard InChI is InChI=1S/C14H11F3N2O2/c1-21-13(20)9-6-11(12(18)19-7-9)8-2-4-10(5-3-8)14(15,16)17/h2-7H,1H3,(H2,18,19). The normalized spacial score (nSPS) is 11.2. The van der Waals surface area contributed by atoms with Crippen LogP contribution in [0.4, 0.5) is 19.0 Å². The maximum atomic E-state index is 12.5. The van der Waals surface area contributed by atoms with E-state index in [1.165, 1.54) is 31.5 Å². The summed E-state index contributed by atoms with van der Waals surface area (Å²) in [7, 11) is 1.22. The summed E-state index contributed by atoms with van der Waals surface area (Å²) in [4.78, 5) is 15.3. The molecule has 0 radical (unpaired) electrons. The molecule has 4 nitrogen and oxygen atoms in total. The van der Waals surface area contributed by atoms with E-state index in [-0.39, 0.29) is 11.4 Å². The Morgan fingerprint density at radius 3 is 2.38 bits per heavy atom. The zero-order valence-corrected chi connectivity index (χ0v) is 10.9. The summed E-state index contributed by atoms with van der Waals surface area (Å²) >= 11 is 0. The van der Waals surface area contributed by atoms with Crippen LogP contribution in [0.2, 0.25) is 0 Å². The lowest BCUT2D eigenvalue weighted by molar-refractivity contribution is -0.137. The molecule has 2 rings (SSSR count). The lowest BCUT2D eigenvalue weighted by atomic mass is 10.0. The predicted molar refractivity (Wildman–Crippen MR) is 70.4 cm³/mol. The molecule has 0 aliphatic carbocycles. The number of esters is 1. The monoisotopic (exact) mass is 296 g/mol. The number of nitrogen functional groups attached to an aromatic ring is 1. The Hall–Kier alpha value is -2.57. The van der Waals surface area contributed by atoms with Crippen LogP contribution in [0.25, 0.3) is 11.1 Å². The van der Waals surface area contributed by atoms with E-state index < -0.39 is 17.7 Å². The Labute approximate surface area is 118 Å². The highest BCUT2D eigenvalue weighted by Gasteiger charge is 2.30. The van der Waals surface area contributed by atoms with Gasteiger partial charge in [0, 0.05) is 11.8 Å². The first-order valence-corrected chi connectivity index (χ1v) is 5.84. The fourth-order valence-electron chi connectivity index (χ4n) is 1.77. The van der Waals surface area contributed by atoms with Gasteiger partial charge in [0.05, 0.1) is 18.2 Å². The van der Waals surface area contributed by atoms with Crippen molar-refractivity contribution < 1.29 is 22.7 Å². The number of nitrogens with two attached hydrogens (primary N) is 1. The number of benzene rings is 1. The van der Waals surface area contributed by atoms with Gasteiger partial charge in [-0.15, -0.1) is 0 Å². The van der Waals surface area contributed by atoms with Crippen molar-refractivity contribution in [3.05, 3.63) is 47.7 Å². The average molecular weight is 296 g/mol. The summed E-state index contributed by atoms with van der Waals surface area (Å²) < 4.78 is 42.1. The van der Waals surface area contributed by atoms with Crippen LogP contribution in [0.15, 0.2) is 36.5 Å². The van der Waals surface area contributed by atoms with Gasteiger partial charge in [-0.3, -0.25) is 0 Å². The lowest BCUT2D eigenvalue weighted by Gasteiger charge is -2.10. The molecular weight excluding hydrogens is 285 g/mol. The SMILES string of the molecule is COC(=O)c1cnc(N)c(-c2ccc(C(F)(F)F)cc2)c1. The van der Waals surface area contributed by atoms with Crippen molar-refractivity contribution in [2.75, 3.05) is 12.8 Å². The topological polar surface area (TPSA) is 65.2 Å². The average Bonchev–Trinajstić information content (AvgIpc) is 2.46. The van der Waals surface area contributed by atoms with Crippen molar-refractivity contribution in [3.8, 4) is 11.1 Å². The first-order valence-electron chi connectivity index (χ1n) is 5.84. The molecule has 0 spiro atoms. The van der Waals surface area contributed by atoms with Crippen LogP contribution in [0.5, 0.6) is 0 Å². The number of halogens is 3. The second kappa shape index (κ2) is 5.43. The number of alkyl halides is 3. The van der Waals surface area contributed by atoms with Crippen molar-refractivity contribution in [3.63, 3.8) is 0 Å². The van der Waals surface area contributed by atoms with Gasteiger partial charge in [0.2, 0.25) is 0 Å². The van der Waals surface area contributed by atoms with E-state index in [0.29, 0.717) is 11.1 Å². The second-order valence-corrected chi connectivity index (χ2v) is 4.22. The number of nitrogens with zero attached hydrogens (tertiary/aromatic N) is 1. The van der Waals surface area contributed by atoms with Crippen molar-refractivity contribution >= 4 is 11.8 Å². The van der Waals surface area contributed by atoms with E-state index in [4.69, 9.17) is 5.73 Å². The number of rotatable bonds is 2. The van der Waals surface area contributed by atoms with E-state index in [2.05, 4.69) is 9.72 Å². The summed E-state index contributed by atoms with van der Waals surface area (Å²) in [5, 5.41) is 0. The Balaban J connectivity index is 2.44. The first-order chi connectivity index (χ1) is 9.82. The Morgan fingerprint density at radius 2 is 1.86 bits per heavy atom. The Morgan fingerprint density at radius 1 is 1.24 bits per heavy atom. The molecule has 0 atom stereocenters. The highest BCUT2D eigenvalue weighted by molar-refractivity contribution is 5.91. The van der Waals surface area contributed by atoms with Crippen LogP contribution in [-0.2, 0) is 10.9 Å². The third kappa shape index (κ3) is 3.13. The molecule has 21 heavy (non-hydrogen) atoms. The van der Waals surface area contributed by atoms with Gasteiger partial charge in [0.15, 0.2) is 0 Å². The summed E-state index contributed by atoms with van der Waals surface area (Å²) in [6.45, 7) is 0. The fourth-order valence-corrected chi connectivity index (χ4v) is 1.77. The maximum Gasteiger partial charge on any atom is 0.416 e. The molecule has 0 aliphatic rings. The van der Waals surface area contributed by atoms with Crippen LogP contribution < -0.4 is 5.73 Å². The highest BCUT2D eigenvalue weighted by Crippen LogP contribution is 2.32. The molecule has 7 heteroatoms. The number of aromatic nitrogens is 1. The van der Waals surface area contributed by atoms with Gasteiger partial charge in [-0.1, -0.05) is 12.1 Å². The molecule has 110 valence electrons. The molecule has 1 aromatic carbocycles. The molecule has 0 saturated heterocycles. The van der Waals surface area contributed by atoms with E-state index in [9.17, 15) is 18.0 Å². The van der Waals surface area contributed by atoms with Gasteiger partial charge in [-0.05, 0) is 23.8 Å². The van der Waals surface area contributed by atoms with Crippen molar-refractivity contribution in [1.82, 2.24) is 4.98 Å². The fraction of sp³-hybridized carbons (Fsp3) is 0.143. The second-order valence-electron chi connectivity index (χ2n) is 4.22. The molecule has 0 saturated carbocycles. The summed E-state index contributed by atoms with van der Waals surface area (Å²) in [5.74, 6) is -0.488. The third-order valence-corrected chi connectivity index (χ3v) is 2.86. The van der Waals surface area contributed by atoms with Crippen LogP contribution >= 0.6 is 0 Å². The molecule has 1 heterocycles. The van der Waals surface area contributed by atoms with Gasteiger partial charge in [0.1, 0.15) is 5.82 Å². The minimum atomic E-state index is -4.41. The largest absolute Gasteiger partial charge is 0.465 e. The molecule has 0 amide bonds. The minimum Gasteiger partial charge on any atom is -0.465 e. The van der Waals surface area contributed by atoms with E-state index in [0.717, 1.165) is 12.1 Å². The van der Waals surface area contributed by atoms with Gasteiger partial charge in [-0.2, -0.15) is 13.2 Å². The third-order valence-electron chi connectivity index (χ3n) is 2.86. The van der Waals surface area contributed by atoms with Crippen molar-refractivity contribution in [2.45, 2.75) is 6.18 Å². The molecule has 2 aromatic rings. The number of methoxy groups -OCH3 is 1. The molecule has 0 fully saturated rings. The van der Waals surface area contributed by atoms with Gasteiger partial charge >= 0.3 is 12.1 Å². The van der Waals surface area contributed by atoms with Crippen LogP contribution in [0.1, 0.15) is 15.9 Å². The lowest BCUT2D eigenvalue weighted by Crippen LogP contribution is -2.05. The van der Waals surface area contributed by atoms with E-state index in [1.807, 2.05) is 0 Å². The molecule has 2 N–H and O–H groups in total. The highest BCUT2D eigenvalue weighted by atomic mass is 19.4. The predicted octanol–water partition coefficient (Wildman–Crippen LogP) is 3.14. The molecule has 0 aliphatic heterocycles. The number of hydrogen-bond acceptors (Lipinski definition) is 4. The first kappa shape index (κ1) is 14.8. The van der Waals surface area contributed by atoms with Gasteiger partial charge in [0.25, 0.3) is 0 Å². The molecule has 0 bridgehead atoms. The Bertz CT molecular complexity index is 667.